The highest BCUT2D eigenvalue weighted by Gasteiger charge is 2.53. The van der Waals surface area contributed by atoms with Gasteiger partial charge in [-0.05, 0) is 44.6 Å². The average molecular weight is 249 g/mol. The van der Waals surface area contributed by atoms with Crippen LogP contribution in [0.5, 0.6) is 5.75 Å². The fourth-order valence-electron chi connectivity index (χ4n) is 2.32. The zero-order valence-electron chi connectivity index (χ0n) is 11.1. The minimum absolute atomic E-state index is 0.678. The Labute approximate surface area is 107 Å². The zero-order valence-corrected chi connectivity index (χ0v) is 11.1. The summed E-state index contributed by atoms with van der Waals surface area (Å²) in [6, 6.07) is 5.83. The molecule has 1 aliphatic rings. The Balaban J connectivity index is 2.40. The van der Waals surface area contributed by atoms with Gasteiger partial charge in [-0.15, -0.1) is 0 Å². The van der Waals surface area contributed by atoms with Crippen LogP contribution in [0.25, 0.3) is 0 Å². The predicted molar refractivity (Wildman–Crippen MR) is 68.9 cm³/mol. The van der Waals surface area contributed by atoms with Crippen LogP contribution < -0.4 is 4.74 Å². The highest BCUT2D eigenvalue weighted by atomic mass is 16.5. The third-order valence-electron chi connectivity index (χ3n) is 3.44. The number of aliphatic carboxylic acids is 1. The molecule has 0 bridgehead atoms. The molecule has 0 radical (unpaired) electrons. The number of hydrogen-bond acceptors (Lipinski definition) is 3. The summed E-state index contributed by atoms with van der Waals surface area (Å²) in [6.07, 6.45) is 1.40. The number of carboxylic acid groups (broad SMARTS) is 1. The topological polar surface area (TPSA) is 49.8 Å². The monoisotopic (exact) mass is 249 g/mol. The van der Waals surface area contributed by atoms with Gasteiger partial charge in [0.2, 0.25) is 0 Å². The maximum Gasteiger partial charge on any atom is 0.314 e. The molecule has 0 aliphatic heterocycles. The molecule has 4 heteroatoms. The highest BCUT2D eigenvalue weighted by Crippen LogP contribution is 2.51. The van der Waals surface area contributed by atoms with Gasteiger partial charge in [0.1, 0.15) is 5.75 Å². The van der Waals surface area contributed by atoms with Crippen molar-refractivity contribution < 1.29 is 14.6 Å². The van der Waals surface area contributed by atoms with Crippen LogP contribution >= 0.6 is 0 Å². The first-order valence-corrected chi connectivity index (χ1v) is 6.05. The smallest absolute Gasteiger partial charge is 0.314 e. The van der Waals surface area contributed by atoms with Crippen molar-refractivity contribution in [2.75, 3.05) is 21.2 Å². The van der Waals surface area contributed by atoms with Gasteiger partial charge in [0.25, 0.3) is 0 Å². The molecule has 1 aromatic rings. The Morgan fingerprint density at radius 2 is 2.11 bits per heavy atom. The standard InChI is InChI=1S/C14H19NO3/c1-15(2)9-10-4-5-12(18-3)11(8-10)14(6-7-14)13(16)17/h4-5,8H,6-7,9H2,1-3H3,(H,16,17). The van der Waals surface area contributed by atoms with Crippen LogP contribution in [-0.4, -0.2) is 37.2 Å². The molecule has 1 saturated carbocycles. The summed E-state index contributed by atoms with van der Waals surface area (Å²) < 4.78 is 5.30. The lowest BCUT2D eigenvalue weighted by Gasteiger charge is -2.17. The largest absolute Gasteiger partial charge is 0.496 e. The van der Waals surface area contributed by atoms with Gasteiger partial charge in [-0.1, -0.05) is 6.07 Å². The van der Waals surface area contributed by atoms with E-state index in [-0.39, 0.29) is 0 Å². The zero-order chi connectivity index (χ0) is 13.3. The lowest BCUT2D eigenvalue weighted by molar-refractivity contribution is -0.140. The van der Waals surface area contributed by atoms with Crippen molar-refractivity contribution in [1.29, 1.82) is 0 Å². The summed E-state index contributed by atoms with van der Waals surface area (Å²) in [5, 5.41) is 9.38. The summed E-state index contributed by atoms with van der Waals surface area (Å²) in [7, 11) is 5.57. The number of methoxy groups -OCH3 is 1. The lowest BCUT2D eigenvalue weighted by Crippen LogP contribution is -2.21. The van der Waals surface area contributed by atoms with E-state index in [2.05, 4.69) is 4.90 Å². The van der Waals surface area contributed by atoms with E-state index in [0.29, 0.717) is 18.6 Å². The van der Waals surface area contributed by atoms with E-state index < -0.39 is 11.4 Å². The van der Waals surface area contributed by atoms with Crippen LogP contribution in [0.1, 0.15) is 24.0 Å². The van der Waals surface area contributed by atoms with Crippen molar-refractivity contribution >= 4 is 5.97 Å². The third-order valence-corrected chi connectivity index (χ3v) is 3.44. The Hall–Kier alpha value is -1.55. The minimum atomic E-state index is -0.747. The molecule has 4 nitrogen and oxygen atoms in total. The Morgan fingerprint density at radius 3 is 2.56 bits per heavy atom. The first-order valence-electron chi connectivity index (χ1n) is 6.05. The van der Waals surface area contributed by atoms with Crippen LogP contribution in [0.4, 0.5) is 0 Å². The minimum Gasteiger partial charge on any atom is -0.496 e. The summed E-state index contributed by atoms with van der Waals surface area (Å²) in [4.78, 5) is 13.5. The normalized spacial score (nSPS) is 16.7. The van der Waals surface area contributed by atoms with Gasteiger partial charge in [0, 0.05) is 12.1 Å². The van der Waals surface area contributed by atoms with Gasteiger partial charge in [-0.25, -0.2) is 0 Å². The van der Waals surface area contributed by atoms with Crippen molar-refractivity contribution in [3.8, 4) is 5.75 Å². The van der Waals surface area contributed by atoms with Gasteiger partial charge in [0.15, 0.2) is 0 Å². The van der Waals surface area contributed by atoms with E-state index in [1.165, 1.54) is 0 Å². The lowest BCUT2D eigenvalue weighted by atomic mass is 9.93. The molecule has 0 atom stereocenters. The molecule has 1 aromatic carbocycles. The molecule has 0 heterocycles. The average Bonchev–Trinajstić information content (AvgIpc) is 3.09. The second kappa shape index (κ2) is 4.61. The van der Waals surface area contributed by atoms with Gasteiger partial charge in [-0.2, -0.15) is 0 Å². The van der Waals surface area contributed by atoms with Crippen LogP contribution in [-0.2, 0) is 16.8 Å². The maximum absolute atomic E-state index is 11.4. The van der Waals surface area contributed by atoms with Crippen LogP contribution in [0.3, 0.4) is 0 Å². The molecule has 18 heavy (non-hydrogen) atoms. The SMILES string of the molecule is COc1ccc(CN(C)C)cc1C1(C(=O)O)CC1. The molecule has 1 fully saturated rings. The Bertz CT molecular complexity index is 464. The third kappa shape index (κ3) is 2.20. The molecular weight excluding hydrogens is 230 g/mol. The fraction of sp³-hybridized carbons (Fsp3) is 0.500. The van der Waals surface area contributed by atoms with Crippen molar-refractivity contribution in [2.24, 2.45) is 0 Å². The van der Waals surface area contributed by atoms with Crippen molar-refractivity contribution in [1.82, 2.24) is 4.90 Å². The molecule has 1 aliphatic carbocycles. The Kier molecular flexibility index (Phi) is 3.30. The number of carbonyl (C=O) groups is 1. The maximum atomic E-state index is 11.4. The molecule has 0 saturated heterocycles. The summed E-state index contributed by atoms with van der Waals surface area (Å²) >= 11 is 0. The number of carboxylic acids is 1. The second-order valence-corrected chi connectivity index (χ2v) is 5.16. The van der Waals surface area contributed by atoms with Crippen molar-refractivity contribution in [3.63, 3.8) is 0 Å². The molecule has 1 N–H and O–H groups in total. The van der Waals surface area contributed by atoms with Crippen LogP contribution in [0, 0.1) is 0 Å². The van der Waals surface area contributed by atoms with Crippen LogP contribution in [0.2, 0.25) is 0 Å². The number of benzene rings is 1. The predicted octanol–water partition coefficient (Wildman–Crippen LogP) is 1.87. The fourth-order valence-corrected chi connectivity index (χ4v) is 2.32. The van der Waals surface area contributed by atoms with Gasteiger partial charge in [0.05, 0.1) is 12.5 Å². The summed E-state index contributed by atoms with van der Waals surface area (Å²) in [6.45, 7) is 0.798. The second-order valence-electron chi connectivity index (χ2n) is 5.16. The first-order chi connectivity index (χ1) is 8.49. The number of rotatable bonds is 5. The number of ether oxygens (including phenoxy) is 1. The van der Waals surface area contributed by atoms with E-state index >= 15 is 0 Å². The van der Waals surface area contributed by atoms with E-state index in [4.69, 9.17) is 4.74 Å². The summed E-state index contributed by atoms with van der Waals surface area (Å²) in [5.74, 6) is -0.0693. The molecule has 0 unspecified atom stereocenters. The van der Waals surface area contributed by atoms with Gasteiger partial charge < -0.3 is 14.7 Å². The van der Waals surface area contributed by atoms with Crippen molar-refractivity contribution in [2.45, 2.75) is 24.8 Å². The summed E-state index contributed by atoms with van der Waals surface area (Å²) in [5.41, 5.74) is 1.22. The Morgan fingerprint density at radius 1 is 1.44 bits per heavy atom. The van der Waals surface area contributed by atoms with Crippen molar-refractivity contribution in [3.05, 3.63) is 29.3 Å². The molecule has 0 aromatic heterocycles. The number of nitrogens with zero attached hydrogens (tertiary/aromatic N) is 1. The number of hydrogen-bond donors (Lipinski definition) is 1. The molecular formula is C14H19NO3. The molecule has 0 spiro atoms. The van der Waals surface area contributed by atoms with Gasteiger partial charge in [-0.3, -0.25) is 4.79 Å². The van der Waals surface area contributed by atoms with E-state index in [0.717, 1.165) is 17.7 Å². The first kappa shape index (κ1) is 12.9. The molecule has 98 valence electrons. The van der Waals surface area contributed by atoms with E-state index in [9.17, 15) is 9.90 Å². The molecule has 2 rings (SSSR count). The quantitative estimate of drug-likeness (QED) is 0.865. The van der Waals surface area contributed by atoms with E-state index in [1.807, 2.05) is 32.3 Å². The molecule has 0 amide bonds. The van der Waals surface area contributed by atoms with E-state index in [1.54, 1.807) is 7.11 Å². The highest BCUT2D eigenvalue weighted by molar-refractivity contribution is 5.86. The van der Waals surface area contributed by atoms with Gasteiger partial charge >= 0.3 is 5.97 Å². The van der Waals surface area contributed by atoms with Crippen LogP contribution in [0.15, 0.2) is 18.2 Å².